The van der Waals surface area contributed by atoms with Crippen LogP contribution in [0.4, 0.5) is 0 Å². The average molecular weight is 207 g/mol. The monoisotopic (exact) mass is 206 g/mol. The molecule has 0 heterocycles. The van der Waals surface area contributed by atoms with Crippen molar-refractivity contribution in [3.8, 4) is 0 Å². The summed E-state index contributed by atoms with van der Waals surface area (Å²) in [6.07, 6.45) is -1.20. The van der Waals surface area contributed by atoms with Gasteiger partial charge in [-0.3, -0.25) is 4.79 Å². The second-order valence-corrected chi connectivity index (χ2v) is 2.49. The number of halogens is 2. The van der Waals surface area contributed by atoms with Crippen LogP contribution in [0.1, 0.15) is 11.7 Å². The van der Waals surface area contributed by atoms with Crippen molar-refractivity contribution in [2.75, 3.05) is 0 Å². The standard InChI is InChI=1S/C8H7ClO2.ClH/c9-8(11)7(10)6-4-2-1-3-5-6;/h1-5,7,10H;1H. The van der Waals surface area contributed by atoms with Crippen molar-refractivity contribution in [1.29, 1.82) is 0 Å². The highest BCUT2D eigenvalue weighted by Crippen LogP contribution is 2.14. The Morgan fingerprint density at radius 1 is 1.33 bits per heavy atom. The molecule has 0 amide bonds. The van der Waals surface area contributed by atoms with Gasteiger partial charge in [-0.15, -0.1) is 12.4 Å². The first kappa shape index (κ1) is 11.4. The van der Waals surface area contributed by atoms with Crippen molar-refractivity contribution in [1.82, 2.24) is 0 Å². The fourth-order valence-corrected chi connectivity index (χ4v) is 0.892. The van der Waals surface area contributed by atoms with Gasteiger partial charge >= 0.3 is 0 Å². The summed E-state index contributed by atoms with van der Waals surface area (Å²) in [6, 6.07) is 8.56. The van der Waals surface area contributed by atoms with Crippen LogP contribution >= 0.6 is 24.0 Å². The number of carbonyl (C=O) groups excluding carboxylic acids is 1. The Balaban J connectivity index is 0.00000121. The Bertz CT molecular complexity index is 248. The smallest absolute Gasteiger partial charge is 0.254 e. The summed E-state index contributed by atoms with van der Waals surface area (Å²) in [5, 5.41) is 8.36. The van der Waals surface area contributed by atoms with Crippen LogP contribution < -0.4 is 0 Å². The molecule has 0 aliphatic heterocycles. The van der Waals surface area contributed by atoms with Gasteiger partial charge in [0.25, 0.3) is 5.24 Å². The number of hydrogen-bond donors (Lipinski definition) is 1. The first-order valence-electron chi connectivity index (χ1n) is 3.14. The lowest BCUT2D eigenvalue weighted by molar-refractivity contribution is -0.119. The lowest BCUT2D eigenvalue weighted by Crippen LogP contribution is -2.04. The molecule has 1 rings (SSSR count). The number of aliphatic hydroxyl groups is 1. The predicted octanol–water partition coefficient (Wildman–Crippen LogP) is 1.91. The van der Waals surface area contributed by atoms with Crippen LogP contribution in [-0.2, 0) is 4.79 Å². The minimum absolute atomic E-state index is 0. The summed E-state index contributed by atoms with van der Waals surface area (Å²) in [5.41, 5.74) is 0.521. The highest BCUT2D eigenvalue weighted by atomic mass is 35.5. The number of hydrogen-bond acceptors (Lipinski definition) is 2. The highest BCUT2D eigenvalue weighted by molar-refractivity contribution is 6.64. The molecule has 0 aliphatic rings. The topological polar surface area (TPSA) is 37.3 Å². The van der Waals surface area contributed by atoms with E-state index in [1.165, 1.54) is 0 Å². The molecule has 0 fully saturated rings. The molecule has 0 spiro atoms. The maximum Gasteiger partial charge on any atom is 0.254 e. The molecule has 0 aromatic heterocycles. The van der Waals surface area contributed by atoms with Crippen LogP contribution in [0.2, 0.25) is 0 Å². The number of rotatable bonds is 2. The van der Waals surface area contributed by atoms with E-state index in [1.807, 2.05) is 0 Å². The van der Waals surface area contributed by atoms with Crippen molar-refractivity contribution >= 4 is 29.3 Å². The summed E-state index contributed by atoms with van der Waals surface area (Å²) in [6.45, 7) is 0. The number of aliphatic hydroxyl groups excluding tert-OH is 1. The largest absolute Gasteiger partial charge is 0.379 e. The molecule has 4 heteroatoms. The van der Waals surface area contributed by atoms with E-state index in [1.54, 1.807) is 30.3 Å². The maximum absolute atomic E-state index is 10.5. The maximum atomic E-state index is 10.5. The quantitative estimate of drug-likeness (QED) is 0.752. The number of benzene rings is 1. The molecule has 2 nitrogen and oxygen atoms in total. The third-order valence-corrected chi connectivity index (χ3v) is 1.54. The minimum atomic E-state index is -1.20. The molecule has 0 saturated heterocycles. The predicted molar refractivity (Wildman–Crippen MR) is 49.5 cm³/mol. The minimum Gasteiger partial charge on any atom is -0.379 e. The van der Waals surface area contributed by atoms with Gasteiger partial charge in [0, 0.05) is 0 Å². The van der Waals surface area contributed by atoms with Gasteiger partial charge in [-0.2, -0.15) is 0 Å². The zero-order valence-electron chi connectivity index (χ0n) is 6.11. The van der Waals surface area contributed by atoms with Crippen LogP contribution in [0.5, 0.6) is 0 Å². The van der Waals surface area contributed by atoms with Gasteiger partial charge in [0.05, 0.1) is 0 Å². The van der Waals surface area contributed by atoms with E-state index in [0.717, 1.165) is 0 Å². The van der Waals surface area contributed by atoms with E-state index in [2.05, 4.69) is 0 Å². The molecule has 1 atom stereocenters. The molecule has 1 aromatic carbocycles. The van der Waals surface area contributed by atoms with Gasteiger partial charge in [0.2, 0.25) is 0 Å². The first-order valence-corrected chi connectivity index (χ1v) is 3.52. The van der Waals surface area contributed by atoms with Crippen LogP contribution in [0.25, 0.3) is 0 Å². The van der Waals surface area contributed by atoms with Crippen molar-refractivity contribution in [3.05, 3.63) is 35.9 Å². The first-order chi connectivity index (χ1) is 5.22. The Kier molecular flexibility index (Phi) is 4.90. The van der Waals surface area contributed by atoms with E-state index >= 15 is 0 Å². The molecule has 1 N–H and O–H groups in total. The van der Waals surface area contributed by atoms with Crippen molar-refractivity contribution in [3.63, 3.8) is 0 Å². The average Bonchev–Trinajstić information content (AvgIpc) is 2.05. The van der Waals surface area contributed by atoms with Crippen LogP contribution in [-0.4, -0.2) is 10.3 Å². The van der Waals surface area contributed by atoms with Crippen LogP contribution in [0, 0.1) is 0 Å². The van der Waals surface area contributed by atoms with Gasteiger partial charge in [0.15, 0.2) is 6.10 Å². The molecule has 12 heavy (non-hydrogen) atoms. The lowest BCUT2D eigenvalue weighted by atomic mass is 10.1. The van der Waals surface area contributed by atoms with E-state index < -0.39 is 11.3 Å². The van der Waals surface area contributed by atoms with Gasteiger partial charge in [-0.05, 0) is 17.2 Å². The lowest BCUT2D eigenvalue weighted by Gasteiger charge is -2.03. The third-order valence-electron chi connectivity index (χ3n) is 1.33. The summed E-state index contributed by atoms with van der Waals surface area (Å²) in [4.78, 5) is 10.5. The zero-order chi connectivity index (χ0) is 8.27. The molecule has 0 bridgehead atoms. The summed E-state index contributed by atoms with van der Waals surface area (Å²) in [7, 11) is 0. The molecule has 0 saturated carbocycles. The third kappa shape index (κ3) is 2.81. The molecule has 1 aromatic rings. The molecule has 1 unspecified atom stereocenters. The molecular formula is C8H8Cl2O2. The summed E-state index contributed by atoms with van der Waals surface area (Å²) in [5.74, 6) is 0. The van der Waals surface area contributed by atoms with E-state index in [-0.39, 0.29) is 12.4 Å². The van der Waals surface area contributed by atoms with Crippen LogP contribution in [0.3, 0.4) is 0 Å². The summed E-state index contributed by atoms with van der Waals surface area (Å²) < 4.78 is 0. The molecule has 0 radical (unpaired) electrons. The second-order valence-electron chi connectivity index (χ2n) is 2.12. The normalized spacial score (nSPS) is 11.5. The molecule has 0 aliphatic carbocycles. The zero-order valence-corrected chi connectivity index (χ0v) is 7.68. The van der Waals surface area contributed by atoms with E-state index in [0.29, 0.717) is 5.56 Å². The highest BCUT2D eigenvalue weighted by Gasteiger charge is 2.12. The van der Waals surface area contributed by atoms with Crippen molar-refractivity contribution in [2.24, 2.45) is 0 Å². The Morgan fingerprint density at radius 3 is 2.25 bits per heavy atom. The number of carbonyl (C=O) groups is 1. The Labute approximate surface area is 81.6 Å². The van der Waals surface area contributed by atoms with Crippen molar-refractivity contribution < 1.29 is 9.90 Å². The summed E-state index contributed by atoms with van der Waals surface area (Å²) >= 11 is 5.07. The van der Waals surface area contributed by atoms with Gasteiger partial charge < -0.3 is 5.11 Å². The van der Waals surface area contributed by atoms with Gasteiger partial charge in [-0.25, -0.2) is 0 Å². The fourth-order valence-electron chi connectivity index (χ4n) is 0.766. The Hall–Kier alpha value is -0.570. The van der Waals surface area contributed by atoms with E-state index in [4.69, 9.17) is 16.7 Å². The fraction of sp³-hybridized carbons (Fsp3) is 0.125. The van der Waals surface area contributed by atoms with Gasteiger partial charge in [0.1, 0.15) is 0 Å². The van der Waals surface area contributed by atoms with Gasteiger partial charge in [-0.1, -0.05) is 30.3 Å². The molecule has 66 valence electrons. The SMILES string of the molecule is Cl.O=C(Cl)C(O)c1ccccc1. The molecular weight excluding hydrogens is 199 g/mol. The van der Waals surface area contributed by atoms with Crippen molar-refractivity contribution in [2.45, 2.75) is 6.10 Å². The second kappa shape index (κ2) is 5.14. The van der Waals surface area contributed by atoms with Crippen LogP contribution in [0.15, 0.2) is 30.3 Å². The van der Waals surface area contributed by atoms with E-state index in [9.17, 15) is 4.79 Å². The Morgan fingerprint density at radius 2 is 1.83 bits per heavy atom.